The van der Waals surface area contributed by atoms with Gasteiger partial charge in [-0.15, -0.1) is 0 Å². The lowest BCUT2D eigenvalue weighted by Gasteiger charge is -2.39. The summed E-state index contributed by atoms with van der Waals surface area (Å²) < 4.78 is 0. The van der Waals surface area contributed by atoms with Crippen LogP contribution in [0.5, 0.6) is 0 Å². The van der Waals surface area contributed by atoms with Crippen LogP contribution in [-0.4, -0.2) is 35.2 Å². The fourth-order valence-corrected chi connectivity index (χ4v) is 3.91. The molecule has 0 aromatic rings. The van der Waals surface area contributed by atoms with Crippen LogP contribution in [0.2, 0.25) is 0 Å². The van der Waals surface area contributed by atoms with Gasteiger partial charge in [-0.3, -0.25) is 4.79 Å². The van der Waals surface area contributed by atoms with Gasteiger partial charge < -0.3 is 15.7 Å². The van der Waals surface area contributed by atoms with Gasteiger partial charge in [0, 0.05) is 5.54 Å². The van der Waals surface area contributed by atoms with Gasteiger partial charge in [0.15, 0.2) is 0 Å². The zero-order chi connectivity index (χ0) is 16.1. The van der Waals surface area contributed by atoms with Crippen molar-refractivity contribution in [3.8, 4) is 6.07 Å². The Balaban J connectivity index is 1.87. The molecule has 22 heavy (non-hydrogen) atoms. The molecule has 5 nitrogen and oxygen atoms in total. The van der Waals surface area contributed by atoms with E-state index in [1.54, 1.807) is 0 Å². The molecule has 1 unspecified atom stereocenters. The first kappa shape index (κ1) is 17.2. The number of nitrogens with one attached hydrogen (secondary N) is 2. The second-order valence-electron chi connectivity index (χ2n) is 7.21. The van der Waals surface area contributed by atoms with Crippen LogP contribution in [0.3, 0.4) is 0 Å². The molecule has 2 rings (SSSR count). The number of amides is 1. The van der Waals surface area contributed by atoms with Crippen LogP contribution in [0, 0.1) is 17.2 Å². The topological polar surface area (TPSA) is 85.2 Å². The van der Waals surface area contributed by atoms with Gasteiger partial charge in [-0.25, -0.2) is 0 Å². The standard InChI is InChI=1S/C17H29N3O2/c1-16(13-21,14-7-3-2-4-8-14)19-11-15(22)20-17(12-18)9-5-6-10-17/h14,19,21H,2-11,13H2,1H3,(H,20,22). The molecule has 2 fully saturated rings. The molecule has 0 spiro atoms. The maximum atomic E-state index is 12.2. The highest BCUT2D eigenvalue weighted by Crippen LogP contribution is 2.32. The van der Waals surface area contributed by atoms with E-state index in [1.807, 2.05) is 6.92 Å². The van der Waals surface area contributed by atoms with Gasteiger partial charge in [-0.2, -0.15) is 5.26 Å². The number of nitrogens with zero attached hydrogens (tertiary/aromatic N) is 1. The minimum Gasteiger partial charge on any atom is -0.394 e. The van der Waals surface area contributed by atoms with Crippen LogP contribution >= 0.6 is 0 Å². The van der Waals surface area contributed by atoms with Gasteiger partial charge in [0.2, 0.25) is 5.91 Å². The summed E-state index contributed by atoms with van der Waals surface area (Å²) in [6.07, 6.45) is 9.36. The maximum Gasteiger partial charge on any atom is 0.235 e. The number of hydrogen-bond donors (Lipinski definition) is 3. The van der Waals surface area contributed by atoms with Crippen molar-refractivity contribution in [2.75, 3.05) is 13.2 Å². The lowest BCUT2D eigenvalue weighted by atomic mass is 9.76. The molecule has 2 aliphatic rings. The third-order valence-electron chi connectivity index (χ3n) is 5.54. The number of hydrogen-bond acceptors (Lipinski definition) is 4. The van der Waals surface area contributed by atoms with Crippen molar-refractivity contribution in [3.05, 3.63) is 0 Å². The molecule has 1 amide bonds. The summed E-state index contributed by atoms with van der Waals surface area (Å²) in [5.41, 5.74) is -1.08. The van der Waals surface area contributed by atoms with E-state index in [-0.39, 0.29) is 19.1 Å². The Morgan fingerprint density at radius 3 is 2.45 bits per heavy atom. The Morgan fingerprint density at radius 2 is 1.91 bits per heavy atom. The predicted molar refractivity (Wildman–Crippen MR) is 85.0 cm³/mol. The second-order valence-corrected chi connectivity index (χ2v) is 7.21. The van der Waals surface area contributed by atoms with Crippen LogP contribution in [-0.2, 0) is 4.79 Å². The summed E-state index contributed by atoms with van der Waals surface area (Å²) in [6.45, 7) is 2.21. The molecule has 0 radical (unpaired) electrons. The molecule has 0 aromatic heterocycles. The predicted octanol–water partition coefficient (Wildman–Crippen LogP) is 1.86. The molecule has 2 saturated carbocycles. The van der Waals surface area contributed by atoms with E-state index in [2.05, 4.69) is 16.7 Å². The van der Waals surface area contributed by atoms with Crippen LogP contribution < -0.4 is 10.6 Å². The van der Waals surface area contributed by atoms with E-state index >= 15 is 0 Å². The van der Waals surface area contributed by atoms with Crippen molar-refractivity contribution in [2.45, 2.75) is 75.8 Å². The summed E-state index contributed by atoms with van der Waals surface area (Å²) in [5, 5.41) is 25.3. The number of carbonyl (C=O) groups excluding carboxylic acids is 1. The summed E-state index contributed by atoms with van der Waals surface area (Å²) >= 11 is 0. The molecule has 5 heteroatoms. The quantitative estimate of drug-likeness (QED) is 0.699. The SMILES string of the molecule is CC(CO)(NCC(=O)NC1(C#N)CCCC1)C1CCCCC1. The molecule has 124 valence electrons. The average Bonchev–Trinajstić information content (AvgIpc) is 3.02. The molecule has 0 heterocycles. The average molecular weight is 307 g/mol. The summed E-state index contributed by atoms with van der Waals surface area (Å²) in [7, 11) is 0. The fraction of sp³-hybridized carbons (Fsp3) is 0.882. The van der Waals surface area contributed by atoms with Gasteiger partial charge in [-0.1, -0.05) is 19.3 Å². The molecule has 0 aliphatic heterocycles. The molecule has 0 bridgehead atoms. The van der Waals surface area contributed by atoms with Gasteiger partial charge >= 0.3 is 0 Å². The summed E-state index contributed by atoms with van der Waals surface area (Å²) in [5.74, 6) is 0.273. The Bertz CT molecular complexity index is 420. The zero-order valence-corrected chi connectivity index (χ0v) is 13.7. The van der Waals surface area contributed by atoms with E-state index in [4.69, 9.17) is 0 Å². The fourth-order valence-electron chi connectivity index (χ4n) is 3.91. The molecule has 1 atom stereocenters. The molecular weight excluding hydrogens is 278 g/mol. The third kappa shape index (κ3) is 3.99. The first-order valence-corrected chi connectivity index (χ1v) is 8.62. The lowest BCUT2D eigenvalue weighted by Crippen LogP contribution is -2.57. The van der Waals surface area contributed by atoms with Gasteiger partial charge in [0.1, 0.15) is 5.54 Å². The number of rotatable bonds is 6. The van der Waals surface area contributed by atoms with Crippen molar-refractivity contribution < 1.29 is 9.90 Å². The van der Waals surface area contributed by atoms with Crippen molar-refractivity contribution >= 4 is 5.91 Å². The highest BCUT2D eigenvalue weighted by Gasteiger charge is 2.37. The van der Waals surface area contributed by atoms with Crippen LogP contribution in [0.4, 0.5) is 0 Å². The van der Waals surface area contributed by atoms with Crippen LogP contribution in [0.25, 0.3) is 0 Å². The molecule has 2 aliphatic carbocycles. The maximum absolute atomic E-state index is 12.2. The van der Waals surface area contributed by atoms with Crippen LogP contribution in [0.15, 0.2) is 0 Å². The van der Waals surface area contributed by atoms with E-state index < -0.39 is 11.1 Å². The molecule has 3 N–H and O–H groups in total. The number of aliphatic hydroxyl groups excluding tert-OH is 1. The Labute approximate surface area is 133 Å². The number of aliphatic hydroxyl groups is 1. The van der Waals surface area contributed by atoms with Gasteiger partial charge in [0.05, 0.1) is 19.2 Å². The first-order chi connectivity index (χ1) is 10.5. The smallest absolute Gasteiger partial charge is 0.235 e. The van der Waals surface area contributed by atoms with Crippen molar-refractivity contribution in [1.82, 2.24) is 10.6 Å². The highest BCUT2D eigenvalue weighted by molar-refractivity contribution is 5.79. The minimum atomic E-state index is -0.667. The number of carbonyl (C=O) groups is 1. The lowest BCUT2D eigenvalue weighted by molar-refractivity contribution is -0.122. The van der Waals surface area contributed by atoms with E-state index in [1.165, 1.54) is 19.3 Å². The molecule has 0 saturated heterocycles. The Hall–Kier alpha value is -1.12. The zero-order valence-electron chi connectivity index (χ0n) is 13.7. The summed E-state index contributed by atoms with van der Waals surface area (Å²) in [6, 6.07) is 2.27. The van der Waals surface area contributed by atoms with Crippen molar-refractivity contribution in [1.29, 1.82) is 5.26 Å². The van der Waals surface area contributed by atoms with E-state index in [9.17, 15) is 15.2 Å². The normalized spacial score (nSPS) is 24.4. The largest absolute Gasteiger partial charge is 0.394 e. The van der Waals surface area contributed by atoms with Gasteiger partial charge in [-0.05, 0) is 51.4 Å². The monoisotopic (exact) mass is 307 g/mol. The molecule has 0 aromatic carbocycles. The van der Waals surface area contributed by atoms with Crippen LogP contribution in [0.1, 0.15) is 64.7 Å². The van der Waals surface area contributed by atoms with Crippen molar-refractivity contribution in [3.63, 3.8) is 0 Å². The minimum absolute atomic E-state index is 0.0361. The molecular formula is C17H29N3O2. The van der Waals surface area contributed by atoms with Crippen molar-refractivity contribution in [2.24, 2.45) is 5.92 Å². The van der Waals surface area contributed by atoms with E-state index in [0.29, 0.717) is 5.92 Å². The van der Waals surface area contributed by atoms with E-state index in [0.717, 1.165) is 38.5 Å². The Morgan fingerprint density at radius 1 is 1.27 bits per heavy atom. The second kappa shape index (κ2) is 7.43. The first-order valence-electron chi connectivity index (χ1n) is 8.62. The number of nitriles is 1. The highest BCUT2D eigenvalue weighted by atomic mass is 16.3. The Kier molecular flexibility index (Phi) is 5.82. The summed E-state index contributed by atoms with van der Waals surface area (Å²) in [4.78, 5) is 12.2. The third-order valence-corrected chi connectivity index (χ3v) is 5.54. The van der Waals surface area contributed by atoms with Gasteiger partial charge in [0.25, 0.3) is 0 Å².